The highest BCUT2D eigenvalue weighted by Crippen LogP contribution is 2.28. The largest absolute Gasteiger partial charge is 0.382 e. The van der Waals surface area contributed by atoms with Crippen LogP contribution in [0.3, 0.4) is 0 Å². The van der Waals surface area contributed by atoms with Crippen molar-refractivity contribution in [3.05, 3.63) is 22.8 Å². The van der Waals surface area contributed by atoms with Crippen molar-refractivity contribution in [2.75, 3.05) is 5.73 Å². The minimum atomic E-state index is -0.124. The Labute approximate surface area is 118 Å². The number of rotatable bonds is 2. The van der Waals surface area contributed by atoms with Gasteiger partial charge in [0, 0.05) is 12.2 Å². The fourth-order valence-corrected chi connectivity index (χ4v) is 2.87. The molecule has 1 saturated carbocycles. The Bertz CT molecular complexity index is 478. The predicted octanol–water partition coefficient (Wildman–Crippen LogP) is 2.87. The lowest BCUT2D eigenvalue weighted by molar-refractivity contribution is 0.0899. The van der Waals surface area contributed by atoms with Crippen molar-refractivity contribution in [3.63, 3.8) is 0 Å². The second-order valence-electron chi connectivity index (χ2n) is 5.57. The molecular weight excluding hydrogens is 262 g/mol. The third-order valence-electron chi connectivity index (χ3n) is 3.88. The molecule has 1 aliphatic carbocycles. The zero-order valence-electron chi connectivity index (χ0n) is 11.3. The van der Waals surface area contributed by atoms with Gasteiger partial charge in [-0.3, -0.25) is 4.79 Å². The van der Waals surface area contributed by atoms with E-state index in [1.165, 1.54) is 6.20 Å². The van der Waals surface area contributed by atoms with E-state index in [0.717, 1.165) is 25.2 Å². The van der Waals surface area contributed by atoms with Crippen molar-refractivity contribution in [2.45, 2.75) is 39.2 Å². The average molecular weight is 282 g/mol. The number of nitrogens with one attached hydrogen (secondary N) is 1. The number of carbonyl (C=O) groups is 1. The van der Waals surface area contributed by atoms with Crippen molar-refractivity contribution in [2.24, 2.45) is 11.8 Å². The number of pyridine rings is 1. The first-order valence-corrected chi connectivity index (χ1v) is 7.07. The molecule has 0 spiro atoms. The molecule has 0 saturated heterocycles. The highest BCUT2D eigenvalue weighted by atomic mass is 35.5. The van der Waals surface area contributed by atoms with Crippen LogP contribution < -0.4 is 11.1 Å². The molecule has 3 N–H and O–H groups in total. The molecule has 1 aliphatic rings. The number of carbonyl (C=O) groups excluding carboxylic acids is 1. The van der Waals surface area contributed by atoms with Gasteiger partial charge in [-0.2, -0.15) is 0 Å². The molecule has 1 fully saturated rings. The van der Waals surface area contributed by atoms with Gasteiger partial charge < -0.3 is 11.1 Å². The maximum atomic E-state index is 12.2. The number of hydrogen-bond acceptors (Lipinski definition) is 3. The molecule has 3 atom stereocenters. The molecule has 1 amide bonds. The Morgan fingerprint density at radius 2 is 2.21 bits per heavy atom. The van der Waals surface area contributed by atoms with Crippen molar-refractivity contribution < 1.29 is 4.79 Å². The van der Waals surface area contributed by atoms with Crippen LogP contribution in [-0.2, 0) is 0 Å². The van der Waals surface area contributed by atoms with Crippen LogP contribution in [0.1, 0.15) is 43.5 Å². The van der Waals surface area contributed by atoms with Gasteiger partial charge in [-0.25, -0.2) is 4.98 Å². The Morgan fingerprint density at radius 1 is 1.47 bits per heavy atom. The minimum absolute atomic E-state index is 0.124. The zero-order valence-corrected chi connectivity index (χ0v) is 12.1. The number of hydrogen-bond donors (Lipinski definition) is 2. The summed E-state index contributed by atoms with van der Waals surface area (Å²) in [5.41, 5.74) is 6.00. The second-order valence-corrected chi connectivity index (χ2v) is 5.97. The van der Waals surface area contributed by atoms with Crippen molar-refractivity contribution in [1.29, 1.82) is 0 Å². The number of halogens is 1. The number of nitrogen functional groups attached to an aromatic ring is 1. The molecule has 0 radical (unpaired) electrons. The van der Waals surface area contributed by atoms with E-state index in [1.807, 2.05) is 0 Å². The van der Waals surface area contributed by atoms with Gasteiger partial charge >= 0.3 is 0 Å². The highest BCUT2D eigenvalue weighted by Gasteiger charge is 2.26. The summed E-state index contributed by atoms with van der Waals surface area (Å²) in [5.74, 6) is 1.37. The summed E-state index contributed by atoms with van der Waals surface area (Å²) in [6.07, 6.45) is 4.82. The summed E-state index contributed by atoms with van der Waals surface area (Å²) < 4.78 is 0. The Kier molecular flexibility index (Phi) is 4.30. The quantitative estimate of drug-likeness (QED) is 0.876. The topological polar surface area (TPSA) is 68.0 Å². The zero-order chi connectivity index (χ0) is 14.0. The van der Waals surface area contributed by atoms with Crippen LogP contribution >= 0.6 is 11.6 Å². The maximum absolute atomic E-state index is 12.2. The summed E-state index contributed by atoms with van der Waals surface area (Å²) in [7, 11) is 0. The first-order chi connectivity index (χ1) is 8.97. The lowest BCUT2D eigenvalue weighted by Gasteiger charge is -2.33. The lowest BCUT2D eigenvalue weighted by atomic mass is 9.80. The molecule has 4 nitrogen and oxygen atoms in total. The number of amides is 1. The molecule has 2 rings (SSSR count). The first-order valence-electron chi connectivity index (χ1n) is 6.69. The van der Waals surface area contributed by atoms with E-state index in [1.54, 1.807) is 6.07 Å². The van der Waals surface area contributed by atoms with Crippen LogP contribution in [0.4, 0.5) is 5.82 Å². The van der Waals surface area contributed by atoms with E-state index >= 15 is 0 Å². The molecular formula is C14H20ClN3O. The minimum Gasteiger partial charge on any atom is -0.382 e. The van der Waals surface area contributed by atoms with E-state index in [0.29, 0.717) is 16.5 Å². The summed E-state index contributed by atoms with van der Waals surface area (Å²) in [6, 6.07) is 1.80. The molecule has 5 heteroatoms. The van der Waals surface area contributed by atoms with Crippen LogP contribution in [0.15, 0.2) is 12.3 Å². The van der Waals surface area contributed by atoms with E-state index in [9.17, 15) is 4.79 Å². The smallest absolute Gasteiger partial charge is 0.253 e. The molecule has 104 valence electrons. The Morgan fingerprint density at radius 3 is 2.84 bits per heavy atom. The van der Waals surface area contributed by atoms with Gasteiger partial charge in [0.1, 0.15) is 5.82 Å². The van der Waals surface area contributed by atoms with Gasteiger partial charge in [0.25, 0.3) is 5.91 Å². The van der Waals surface area contributed by atoms with Gasteiger partial charge in [-0.15, -0.1) is 0 Å². The molecule has 0 bridgehead atoms. The average Bonchev–Trinajstić information content (AvgIpc) is 2.36. The summed E-state index contributed by atoms with van der Waals surface area (Å²) >= 11 is 5.88. The number of anilines is 1. The third kappa shape index (κ3) is 3.38. The van der Waals surface area contributed by atoms with Crippen molar-refractivity contribution >= 4 is 23.3 Å². The van der Waals surface area contributed by atoms with Gasteiger partial charge in [0.2, 0.25) is 0 Å². The van der Waals surface area contributed by atoms with Gasteiger partial charge in [-0.05, 0) is 37.2 Å². The van der Waals surface area contributed by atoms with Gasteiger partial charge in [-0.1, -0.05) is 25.4 Å². The van der Waals surface area contributed by atoms with Crippen LogP contribution in [0.25, 0.3) is 0 Å². The SMILES string of the molecule is CC1CCC(NC(=O)c2cnc(N)c(Cl)c2)C(C)C1. The molecule has 19 heavy (non-hydrogen) atoms. The third-order valence-corrected chi connectivity index (χ3v) is 4.18. The maximum Gasteiger partial charge on any atom is 0.253 e. The summed E-state index contributed by atoms with van der Waals surface area (Å²) in [4.78, 5) is 16.1. The summed E-state index contributed by atoms with van der Waals surface area (Å²) in [5, 5.41) is 3.39. The Balaban J connectivity index is 2.02. The van der Waals surface area contributed by atoms with Crippen molar-refractivity contribution in [3.8, 4) is 0 Å². The lowest BCUT2D eigenvalue weighted by Crippen LogP contribution is -2.42. The second kappa shape index (κ2) is 5.78. The van der Waals surface area contributed by atoms with Crippen LogP contribution in [0, 0.1) is 11.8 Å². The van der Waals surface area contributed by atoms with Crippen LogP contribution in [0.5, 0.6) is 0 Å². The van der Waals surface area contributed by atoms with E-state index in [-0.39, 0.29) is 17.8 Å². The fraction of sp³-hybridized carbons (Fsp3) is 0.571. The van der Waals surface area contributed by atoms with Crippen LogP contribution in [0.2, 0.25) is 5.02 Å². The number of aromatic nitrogens is 1. The number of nitrogens with two attached hydrogens (primary N) is 1. The normalized spacial score (nSPS) is 27.0. The van der Waals surface area contributed by atoms with Crippen LogP contribution in [-0.4, -0.2) is 16.9 Å². The molecule has 1 heterocycles. The Hall–Kier alpha value is -1.29. The monoisotopic (exact) mass is 281 g/mol. The molecule has 0 aliphatic heterocycles. The van der Waals surface area contributed by atoms with Crippen molar-refractivity contribution in [1.82, 2.24) is 10.3 Å². The van der Waals surface area contributed by atoms with Gasteiger partial charge in [0.15, 0.2) is 0 Å². The fourth-order valence-electron chi connectivity index (χ4n) is 2.70. The van der Waals surface area contributed by atoms with Gasteiger partial charge in [0.05, 0.1) is 10.6 Å². The highest BCUT2D eigenvalue weighted by molar-refractivity contribution is 6.33. The predicted molar refractivity (Wildman–Crippen MR) is 77.1 cm³/mol. The molecule has 1 aromatic heterocycles. The van der Waals surface area contributed by atoms with E-state index in [4.69, 9.17) is 17.3 Å². The molecule has 1 aromatic rings. The molecule has 3 unspecified atom stereocenters. The van der Waals surface area contributed by atoms with E-state index in [2.05, 4.69) is 24.1 Å². The van der Waals surface area contributed by atoms with E-state index < -0.39 is 0 Å². The standard InChI is InChI=1S/C14H20ClN3O/c1-8-3-4-12(9(2)5-8)18-14(19)10-6-11(15)13(16)17-7-10/h6-9,12H,3-5H2,1-2H3,(H2,16,17)(H,18,19). The molecule has 0 aromatic carbocycles. The summed E-state index contributed by atoms with van der Waals surface area (Å²) in [6.45, 7) is 4.45. The first kappa shape index (κ1) is 14.1. The number of nitrogens with zero attached hydrogens (tertiary/aromatic N) is 1.